The van der Waals surface area contributed by atoms with E-state index in [4.69, 9.17) is 25.5 Å². The van der Waals surface area contributed by atoms with Crippen LogP contribution in [0.4, 0.5) is 15.8 Å². The second-order valence-electron chi connectivity index (χ2n) is 14.5. The van der Waals surface area contributed by atoms with E-state index in [-0.39, 0.29) is 73.2 Å². The first kappa shape index (κ1) is 37.5. The molecule has 0 spiro atoms. The molecule has 2 bridgehead atoms. The van der Waals surface area contributed by atoms with Crippen molar-refractivity contribution in [1.82, 2.24) is 18.8 Å². The van der Waals surface area contributed by atoms with E-state index in [0.29, 0.717) is 47.5 Å². The van der Waals surface area contributed by atoms with E-state index in [2.05, 4.69) is 21.6 Å². The summed E-state index contributed by atoms with van der Waals surface area (Å²) in [5, 5.41) is 1.05. The van der Waals surface area contributed by atoms with Crippen LogP contribution in [0.1, 0.15) is 50.2 Å². The molecule has 2 amide bonds. The number of ether oxygens (including phenoxy) is 2. The third-order valence-electron chi connectivity index (χ3n) is 11.0. The van der Waals surface area contributed by atoms with Crippen LogP contribution in [0.2, 0.25) is 5.02 Å². The zero-order valence-corrected chi connectivity index (χ0v) is 32.0. The zero-order valence-electron chi connectivity index (χ0n) is 30.4. The molecule has 0 saturated carbocycles. The molecule has 3 atom stereocenters. The van der Waals surface area contributed by atoms with Crippen molar-refractivity contribution in [3.63, 3.8) is 0 Å². The van der Waals surface area contributed by atoms with Crippen molar-refractivity contribution in [2.75, 3.05) is 84.1 Å². The highest BCUT2D eigenvalue weighted by Crippen LogP contribution is 2.39. The molecular weight excluding hydrogens is 731 g/mol. The molecule has 1 N–H and O–H groups in total. The fraction of sp³-hybridized carbons (Fsp3) is 0.528. The van der Waals surface area contributed by atoms with Gasteiger partial charge in [-0.3, -0.25) is 14.5 Å². The Hall–Kier alpha value is -3.80. The Balaban J connectivity index is 1.14. The van der Waals surface area contributed by atoms with Crippen LogP contribution < -0.4 is 20.1 Å². The van der Waals surface area contributed by atoms with Gasteiger partial charge in [0, 0.05) is 64.0 Å². The second kappa shape index (κ2) is 14.5. The summed E-state index contributed by atoms with van der Waals surface area (Å²) in [7, 11) is 2.69. The number of benzene rings is 2. The normalized spacial score (nSPS) is 22.3. The Kier molecular flexibility index (Phi) is 10.2. The van der Waals surface area contributed by atoms with Gasteiger partial charge in [-0.2, -0.15) is 12.7 Å². The third-order valence-corrected chi connectivity index (χ3v) is 12.9. The van der Waals surface area contributed by atoms with Crippen LogP contribution in [0.25, 0.3) is 11.0 Å². The van der Waals surface area contributed by atoms with Gasteiger partial charge in [0.05, 0.1) is 71.9 Å². The van der Waals surface area contributed by atoms with Gasteiger partial charge >= 0.3 is 15.8 Å². The molecule has 4 aliphatic heterocycles. The zero-order chi connectivity index (χ0) is 37.9. The van der Waals surface area contributed by atoms with Crippen molar-refractivity contribution in [1.29, 1.82) is 0 Å². The Morgan fingerprint density at radius 3 is 2.47 bits per heavy atom. The number of hydrogen-bond donors (Lipinski definition) is 1. The Morgan fingerprint density at radius 2 is 1.79 bits per heavy atom. The number of piperazine rings is 1. The molecule has 0 radical (unpaired) electrons. The highest BCUT2D eigenvalue weighted by atomic mass is 35.5. The third kappa shape index (κ3) is 6.78. The fourth-order valence-electron chi connectivity index (χ4n) is 8.20. The highest BCUT2D eigenvalue weighted by Gasteiger charge is 2.45. The van der Waals surface area contributed by atoms with E-state index in [9.17, 15) is 22.8 Å². The molecule has 17 heteroatoms. The van der Waals surface area contributed by atoms with E-state index in [1.165, 1.54) is 20.2 Å². The molecule has 7 rings (SSSR count). The number of halogens is 2. The average Bonchev–Trinajstić information content (AvgIpc) is 3.39. The first-order valence-electron chi connectivity index (χ1n) is 17.6. The van der Waals surface area contributed by atoms with E-state index in [1.54, 1.807) is 21.2 Å². The van der Waals surface area contributed by atoms with E-state index in [0.717, 1.165) is 30.4 Å². The van der Waals surface area contributed by atoms with Crippen LogP contribution in [0, 0.1) is 12.7 Å². The van der Waals surface area contributed by atoms with Crippen molar-refractivity contribution in [2.45, 2.75) is 50.9 Å². The van der Waals surface area contributed by atoms with Gasteiger partial charge in [0.1, 0.15) is 11.4 Å². The van der Waals surface area contributed by atoms with Crippen molar-refractivity contribution >= 4 is 56.0 Å². The van der Waals surface area contributed by atoms with Crippen molar-refractivity contribution in [2.24, 2.45) is 0 Å². The number of carbonyl (C=O) groups is 2. The first-order chi connectivity index (χ1) is 25.2. The molecule has 3 fully saturated rings. The molecule has 4 aliphatic rings. The van der Waals surface area contributed by atoms with Crippen LogP contribution in [-0.4, -0.2) is 127 Å². The quantitative estimate of drug-likeness (QED) is 0.338. The molecule has 286 valence electrons. The standard InChI is InChI=1S/C36H44ClFN6O8S/c1-20-30(42-11-10-41(4)23(15-42)17-50-5)14-28(37)32-24-8-9-43(16-27(24)36(47)52-33(20)32)35(46)25-13-31(40(2)3)26(12-29(25)38)34(45)39-53(48,49)44-21-6-7-22(44)19-51-18-21/h12-14,21-23H,6-11,15-19H2,1-5H3,(H,39,45)/t21?,22?,23-/m1/s1. The van der Waals surface area contributed by atoms with Crippen LogP contribution in [0.5, 0.6) is 0 Å². The molecule has 3 saturated heterocycles. The first-order valence-corrected chi connectivity index (χ1v) is 19.5. The smallest absolute Gasteiger partial charge is 0.341 e. The SMILES string of the molecule is COC[C@H]1CN(c2cc(Cl)c3c4c(c(=O)oc3c2C)CN(C(=O)c2cc(N(C)C)c(C(=O)NS(=O)(=O)N3C5CCC3COC5)cc2F)CC4)CCN1C. The predicted octanol–water partition coefficient (Wildman–Crippen LogP) is 2.76. The summed E-state index contributed by atoms with van der Waals surface area (Å²) >= 11 is 6.94. The molecule has 2 aromatic carbocycles. The van der Waals surface area contributed by atoms with Crippen LogP contribution in [0.15, 0.2) is 27.4 Å². The Morgan fingerprint density at radius 1 is 1.08 bits per heavy atom. The molecular formula is C36H44ClFN6O8S. The Labute approximate surface area is 312 Å². The van der Waals surface area contributed by atoms with E-state index >= 15 is 4.39 Å². The van der Waals surface area contributed by atoms with Crippen LogP contribution >= 0.6 is 11.6 Å². The molecule has 14 nitrogen and oxygen atoms in total. The number of morpholine rings is 1. The summed E-state index contributed by atoms with van der Waals surface area (Å²) in [5.41, 5.74) is 1.97. The van der Waals surface area contributed by atoms with Crippen molar-refractivity contribution in [3.05, 3.63) is 67.3 Å². The van der Waals surface area contributed by atoms with Crippen LogP contribution in [-0.2, 0) is 32.6 Å². The summed E-state index contributed by atoms with van der Waals surface area (Å²) in [6.45, 7) is 5.28. The van der Waals surface area contributed by atoms with Crippen LogP contribution in [0.3, 0.4) is 0 Å². The number of aryl methyl sites for hydroxylation is 1. The van der Waals surface area contributed by atoms with Crippen molar-refractivity contribution < 1.29 is 36.3 Å². The molecule has 5 heterocycles. The number of anilines is 2. The lowest BCUT2D eigenvalue weighted by atomic mass is 9.94. The van der Waals surface area contributed by atoms with Crippen molar-refractivity contribution in [3.8, 4) is 0 Å². The van der Waals surface area contributed by atoms with Gasteiger partial charge in [-0.1, -0.05) is 11.6 Å². The summed E-state index contributed by atoms with van der Waals surface area (Å²) in [6.07, 6.45) is 1.51. The van der Waals surface area contributed by atoms with Gasteiger partial charge in [-0.15, -0.1) is 0 Å². The number of likely N-dealkylation sites (N-methyl/N-ethyl adjacent to an activating group) is 1. The minimum atomic E-state index is -4.25. The summed E-state index contributed by atoms with van der Waals surface area (Å²) in [5.74, 6) is -2.72. The molecule has 2 unspecified atom stereocenters. The average molecular weight is 775 g/mol. The van der Waals surface area contributed by atoms with Gasteiger partial charge in [0.15, 0.2) is 0 Å². The van der Waals surface area contributed by atoms with Gasteiger partial charge in [-0.25, -0.2) is 13.9 Å². The van der Waals surface area contributed by atoms with Gasteiger partial charge in [-0.05, 0) is 57.0 Å². The fourth-order valence-corrected chi connectivity index (χ4v) is 10.1. The number of carbonyl (C=O) groups excluding carboxylic acids is 2. The maximum absolute atomic E-state index is 15.8. The monoisotopic (exact) mass is 774 g/mol. The lowest BCUT2D eigenvalue weighted by Gasteiger charge is -2.41. The molecule has 53 heavy (non-hydrogen) atoms. The minimum absolute atomic E-state index is 0.139. The largest absolute Gasteiger partial charge is 0.422 e. The Bertz CT molecular complexity index is 2130. The number of nitrogens with one attached hydrogen (secondary N) is 1. The maximum atomic E-state index is 15.8. The van der Waals surface area contributed by atoms with Gasteiger partial charge in [0.25, 0.3) is 11.8 Å². The maximum Gasteiger partial charge on any atom is 0.341 e. The number of rotatable bonds is 8. The summed E-state index contributed by atoms with van der Waals surface area (Å²) < 4.78 is 62.6. The number of fused-ring (bicyclic) bond motifs is 5. The highest BCUT2D eigenvalue weighted by molar-refractivity contribution is 7.87. The minimum Gasteiger partial charge on any atom is -0.422 e. The van der Waals surface area contributed by atoms with Gasteiger partial charge < -0.3 is 28.6 Å². The lowest BCUT2D eigenvalue weighted by molar-refractivity contribution is 0.0263. The van der Waals surface area contributed by atoms with E-state index in [1.807, 2.05) is 13.0 Å². The summed E-state index contributed by atoms with van der Waals surface area (Å²) in [4.78, 5) is 48.2. The molecule has 0 aliphatic carbocycles. The topological polar surface area (TPSA) is 145 Å². The number of nitrogens with zero attached hydrogens (tertiary/aromatic N) is 5. The summed E-state index contributed by atoms with van der Waals surface area (Å²) in [6, 6.07) is 3.42. The number of hydrogen-bond acceptors (Lipinski definition) is 11. The second-order valence-corrected chi connectivity index (χ2v) is 16.5. The number of amides is 2. The lowest BCUT2D eigenvalue weighted by Crippen LogP contribution is -2.54. The van der Waals surface area contributed by atoms with Gasteiger partial charge in [0.2, 0.25) is 0 Å². The predicted molar refractivity (Wildman–Crippen MR) is 198 cm³/mol. The molecule has 3 aromatic rings. The molecule has 1 aromatic heterocycles. The number of methoxy groups -OCH3 is 1. The van der Waals surface area contributed by atoms with E-state index < -0.39 is 33.5 Å².